The first-order valence-corrected chi connectivity index (χ1v) is 6.66. The van der Waals surface area contributed by atoms with Crippen LogP contribution in [0.5, 0.6) is 0 Å². The average molecular weight is 341 g/mol. The van der Waals surface area contributed by atoms with Crippen molar-refractivity contribution in [3.05, 3.63) is 28.7 Å². The molecule has 0 amide bonds. The summed E-state index contributed by atoms with van der Waals surface area (Å²) in [4.78, 5) is 10.8. The first kappa shape index (κ1) is 14.6. The molecular weight excluding hydrogens is 328 g/mol. The van der Waals surface area contributed by atoms with Crippen molar-refractivity contribution in [2.45, 2.75) is 19.1 Å². The number of hydrogen-bond donors (Lipinski definition) is 1. The molecule has 2 aromatic rings. The van der Waals surface area contributed by atoms with Gasteiger partial charge in [0, 0.05) is 17.1 Å². The smallest absolute Gasteiger partial charge is 0.306 e. The molecule has 1 heterocycles. The highest BCUT2D eigenvalue weighted by Crippen LogP contribution is 2.25. The largest absolute Gasteiger partial charge is 0.481 e. The van der Waals surface area contributed by atoms with Crippen molar-refractivity contribution in [3.8, 4) is 11.4 Å². The minimum atomic E-state index is -0.924. The van der Waals surface area contributed by atoms with E-state index in [-0.39, 0.29) is 13.0 Å². The van der Waals surface area contributed by atoms with Crippen LogP contribution in [0.3, 0.4) is 0 Å². The van der Waals surface area contributed by atoms with E-state index in [1.807, 2.05) is 24.3 Å². The van der Waals surface area contributed by atoms with E-state index >= 15 is 0 Å². The molecule has 0 bridgehead atoms. The third-order valence-electron chi connectivity index (χ3n) is 2.76. The Labute approximate surface area is 123 Å². The van der Waals surface area contributed by atoms with E-state index in [0.29, 0.717) is 5.82 Å². The number of halogens is 1. The molecule has 0 aliphatic heterocycles. The molecule has 0 saturated heterocycles. The fourth-order valence-electron chi connectivity index (χ4n) is 1.77. The molecule has 0 spiro atoms. The van der Waals surface area contributed by atoms with Gasteiger partial charge in [-0.2, -0.15) is 0 Å². The van der Waals surface area contributed by atoms with Gasteiger partial charge < -0.3 is 9.84 Å². The van der Waals surface area contributed by atoms with Gasteiger partial charge in [-0.15, -0.1) is 5.10 Å². The number of benzene rings is 1. The molecule has 20 heavy (non-hydrogen) atoms. The summed E-state index contributed by atoms with van der Waals surface area (Å²) < 4.78 is 7.55. The molecule has 0 aliphatic carbocycles. The number of carboxylic acid groups (broad SMARTS) is 1. The van der Waals surface area contributed by atoms with Crippen LogP contribution in [0.1, 0.15) is 6.42 Å². The zero-order valence-electron chi connectivity index (χ0n) is 10.7. The lowest BCUT2D eigenvalue weighted by atomic mass is 10.2. The van der Waals surface area contributed by atoms with Gasteiger partial charge in [0.2, 0.25) is 0 Å². The molecule has 1 aromatic heterocycles. The number of methoxy groups -OCH3 is 1. The monoisotopic (exact) mass is 340 g/mol. The quantitative estimate of drug-likeness (QED) is 0.858. The molecule has 0 fully saturated rings. The van der Waals surface area contributed by atoms with Crippen molar-refractivity contribution in [1.29, 1.82) is 0 Å². The van der Waals surface area contributed by atoms with Gasteiger partial charge in [-0.05, 0) is 22.6 Å². The Morgan fingerprint density at radius 1 is 1.50 bits per heavy atom. The summed E-state index contributed by atoms with van der Waals surface area (Å²) in [6, 6.07) is 7.54. The van der Waals surface area contributed by atoms with Crippen LogP contribution in [0.2, 0.25) is 0 Å². The van der Waals surface area contributed by atoms with Crippen LogP contribution in [-0.2, 0) is 16.1 Å². The fourth-order valence-corrected chi connectivity index (χ4v) is 2.24. The Morgan fingerprint density at radius 3 is 2.90 bits per heavy atom. The number of carboxylic acids is 1. The Balaban J connectivity index is 2.25. The second-order valence-corrected chi connectivity index (χ2v) is 4.97. The third kappa shape index (κ3) is 3.40. The topological polar surface area (TPSA) is 90.1 Å². The summed E-state index contributed by atoms with van der Waals surface area (Å²) in [6.45, 7) is 0.270. The van der Waals surface area contributed by atoms with Crippen LogP contribution in [0.15, 0.2) is 28.7 Å². The van der Waals surface area contributed by atoms with Crippen molar-refractivity contribution in [2.24, 2.45) is 0 Å². The number of ether oxygens (including phenoxy) is 1. The van der Waals surface area contributed by atoms with Gasteiger partial charge in [-0.1, -0.05) is 28.1 Å². The second-order valence-electron chi connectivity index (χ2n) is 4.12. The average Bonchev–Trinajstić information content (AvgIpc) is 2.86. The van der Waals surface area contributed by atoms with Gasteiger partial charge in [0.1, 0.15) is 0 Å². The zero-order chi connectivity index (χ0) is 14.5. The van der Waals surface area contributed by atoms with Crippen molar-refractivity contribution >= 4 is 21.9 Å². The van der Waals surface area contributed by atoms with Crippen LogP contribution in [0.25, 0.3) is 11.4 Å². The van der Waals surface area contributed by atoms with Gasteiger partial charge >= 0.3 is 5.97 Å². The summed E-state index contributed by atoms with van der Waals surface area (Å²) in [5.74, 6) is -0.364. The molecule has 0 radical (unpaired) electrons. The number of aromatic nitrogens is 4. The number of tetrazole rings is 1. The second kappa shape index (κ2) is 6.58. The number of hydrogen-bond acceptors (Lipinski definition) is 5. The van der Waals surface area contributed by atoms with Crippen LogP contribution >= 0.6 is 15.9 Å². The lowest BCUT2D eigenvalue weighted by Gasteiger charge is -2.13. The van der Waals surface area contributed by atoms with Gasteiger partial charge in [-0.3, -0.25) is 4.79 Å². The normalized spacial score (nSPS) is 12.3. The van der Waals surface area contributed by atoms with Gasteiger partial charge in [0.05, 0.1) is 19.1 Å². The molecule has 2 rings (SSSR count). The summed E-state index contributed by atoms with van der Waals surface area (Å²) >= 11 is 3.44. The highest BCUT2D eigenvalue weighted by atomic mass is 79.9. The summed E-state index contributed by atoms with van der Waals surface area (Å²) in [6.07, 6.45) is -0.594. The van der Waals surface area contributed by atoms with E-state index in [9.17, 15) is 4.79 Å². The van der Waals surface area contributed by atoms with Crippen LogP contribution in [0.4, 0.5) is 0 Å². The fraction of sp³-hybridized carbons (Fsp3) is 0.333. The maximum atomic E-state index is 10.8. The molecular formula is C12H13BrN4O3. The van der Waals surface area contributed by atoms with Gasteiger partial charge in [0.15, 0.2) is 5.82 Å². The maximum absolute atomic E-state index is 10.8. The highest BCUT2D eigenvalue weighted by molar-refractivity contribution is 9.10. The molecule has 1 atom stereocenters. The van der Waals surface area contributed by atoms with E-state index in [1.54, 1.807) is 0 Å². The molecule has 7 nitrogen and oxygen atoms in total. The SMILES string of the molecule is COC(CC(=O)O)Cn1nnnc1-c1ccccc1Br. The summed E-state index contributed by atoms with van der Waals surface area (Å²) in [5.41, 5.74) is 0.836. The molecule has 1 aromatic carbocycles. The maximum Gasteiger partial charge on any atom is 0.306 e. The molecule has 1 unspecified atom stereocenters. The minimum absolute atomic E-state index is 0.105. The molecule has 8 heteroatoms. The lowest BCUT2D eigenvalue weighted by Crippen LogP contribution is -2.23. The standard InChI is InChI=1S/C12H13BrN4O3/c1-20-8(6-11(18)19)7-17-12(14-15-16-17)9-4-2-3-5-10(9)13/h2-5,8H,6-7H2,1H3,(H,18,19). The first-order valence-electron chi connectivity index (χ1n) is 5.87. The van der Waals surface area contributed by atoms with E-state index in [1.165, 1.54) is 11.8 Å². The molecule has 1 N–H and O–H groups in total. The highest BCUT2D eigenvalue weighted by Gasteiger charge is 2.18. The number of nitrogens with zero attached hydrogens (tertiary/aromatic N) is 4. The third-order valence-corrected chi connectivity index (χ3v) is 3.45. The van der Waals surface area contributed by atoms with Crippen LogP contribution in [0, 0.1) is 0 Å². The molecule has 0 aliphatic rings. The van der Waals surface area contributed by atoms with Crippen LogP contribution in [-0.4, -0.2) is 44.5 Å². The van der Waals surface area contributed by atoms with E-state index in [0.717, 1.165) is 10.0 Å². The number of carbonyl (C=O) groups is 1. The van der Waals surface area contributed by atoms with Crippen molar-refractivity contribution < 1.29 is 14.6 Å². The number of rotatable bonds is 6. The van der Waals surface area contributed by atoms with E-state index < -0.39 is 12.1 Å². The number of aliphatic carboxylic acids is 1. The van der Waals surface area contributed by atoms with Crippen LogP contribution < -0.4 is 0 Å². The van der Waals surface area contributed by atoms with Crippen molar-refractivity contribution in [3.63, 3.8) is 0 Å². The van der Waals surface area contributed by atoms with E-state index in [4.69, 9.17) is 9.84 Å². The lowest BCUT2D eigenvalue weighted by molar-refractivity contribution is -0.139. The summed E-state index contributed by atoms with van der Waals surface area (Å²) in [5, 5.41) is 20.3. The zero-order valence-corrected chi connectivity index (χ0v) is 12.3. The van der Waals surface area contributed by atoms with Crippen molar-refractivity contribution in [2.75, 3.05) is 7.11 Å². The molecule has 0 saturated carbocycles. The minimum Gasteiger partial charge on any atom is -0.481 e. The van der Waals surface area contributed by atoms with Crippen molar-refractivity contribution in [1.82, 2.24) is 20.2 Å². The van der Waals surface area contributed by atoms with E-state index in [2.05, 4.69) is 31.5 Å². The predicted octanol–water partition coefficient (Wildman–Crippen LogP) is 1.59. The van der Waals surface area contributed by atoms with Gasteiger partial charge in [0.25, 0.3) is 0 Å². The Morgan fingerprint density at radius 2 is 2.25 bits per heavy atom. The molecule has 106 valence electrons. The Hall–Kier alpha value is -1.80. The predicted molar refractivity (Wildman–Crippen MR) is 74.0 cm³/mol. The summed E-state index contributed by atoms with van der Waals surface area (Å²) in [7, 11) is 1.47. The Bertz CT molecular complexity index is 602. The first-order chi connectivity index (χ1) is 9.61. The van der Waals surface area contributed by atoms with Gasteiger partial charge in [-0.25, -0.2) is 4.68 Å². The Kier molecular flexibility index (Phi) is 4.80.